The van der Waals surface area contributed by atoms with E-state index in [9.17, 15) is 4.79 Å². The third-order valence-electron chi connectivity index (χ3n) is 1.69. The third kappa shape index (κ3) is 3.12. The average molecular weight is 224 g/mol. The van der Waals surface area contributed by atoms with E-state index in [-0.39, 0.29) is 11.6 Å². The number of hydrogen-bond acceptors (Lipinski definition) is 5. The molecular formula is C11H16N2O3. The lowest BCUT2D eigenvalue weighted by Gasteiger charge is -2.19. The van der Waals surface area contributed by atoms with Gasteiger partial charge in [0.15, 0.2) is 5.69 Å². The van der Waals surface area contributed by atoms with Crippen LogP contribution in [0.3, 0.4) is 0 Å². The van der Waals surface area contributed by atoms with Crippen molar-refractivity contribution in [3.63, 3.8) is 0 Å². The minimum atomic E-state index is -0.548. The highest BCUT2D eigenvalue weighted by molar-refractivity contribution is 5.88. The van der Waals surface area contributed by atoms with E-state index in [1.165, 1.54) is 13.2 Å². The van der Waals surface area contributed by atoms with Gasteiger partial charge in [-0.15, -0.1) is 0 Å². The van der Waals surface area contributed by atoms with Crippen molar-refractivity contribution in [2.24, 2.45) is 0 Å². The van der Waals surface area contributed by atoms with Crippen LogP contribution in [0.4, 0.5) is 5.69 Å². The van der Waals surface area contributed by atoms with Gasteiger partial charge in [-0.3, -0.25) is 0 Å². The summed E-state index contributed by atoms with van der Waals surface area (Å²) in [4.78, 5) is 15.6. The number of ether oxygens (including phenoxy) is 2. The molecule has 0 fully saturated rings. The molecule has 88 valence electrons. The van der Waals surface area contributed by atoms with Gasteiger partial charge >= 0.3 is 5.97 Å². The van der Waals surface area contributed by atoms with Crippen molar-refractivity contribution >= 4 is 11.7 Å². The van der Waals surface area contributed by atoms with E-state index in [2.05, 4.69) is 4.98 Å². The van der Waals surface area contributed by atoms with Crippen molar-refractivity contribution in [3.8, 4) is 5.88 Å². The number of anilines is 1. The largest absolute Gasteiger partial charge is 0.480 e. The molecule has 0 bridgehead atoms. The van der Waals surface area contributed by atoms with Gasteiger partial charge in [-0.1, -0.05) is 0 Å². The number of nitrogen functional groups attached to an aromatic ring is 1. The molecule has 0 saturated carbocycles. The van der Waals surface area contributed by atoms with E-state index in [4.69, 9.17) is 15.2 Å². The SMILES string of the molecule is COc1nc(C(=O)OC(C)(C)C)ccc1N. The molecule has 5 nitrogen and oxygen atoms in total. The number of carbonyl (C=O) groups excluding carboxylic acids is 1. The molecule has 0 aliphatic rings. The Bertz CT molecular complexity index is 397. The van der Waals surface area contributed by atoms with Gasteiger partial charge in [-0.2, -0.15) is 0 Å². The molecule has 1 aromatic rings. The van der Waals surface area contributed by atoms with Crippen molar-refractivity contribution in [3.05, 3.63) is 17.8 Å². The van der Waals surface area contributed by atoms with Gasteiger partial charge in [0.25, 0.3) is 0 Å². The molecule has 0 amide bonds. The fourth-order valence-corrected chi connectivity index (χ4v) is 1.06. The predicted molar refractivity (Wildman–Crippen MR) is 60.4 cm³/mol. The molecule has 2 N–H and O–H groups in total. The quantitative estimate of drug-likeness (QED) is 0.773. The third-order valence-corrected chi connectivity index (χ3v) is 1.69. The summed E-state index contributed by atoms with van der Waals surface area (Å²) in [5, 5.41) is 0. The Morgan fingerprint density at radius 2 is 2.00 bits per heavy atom. The zero-order valence-electron chi connectivity index (χ0n) is 9.90. The van der Waals surface area contributed by atoms with E-state index in [0.717, 1.165) is 0 Å². The molecule has 0 aliphatic heterocycles. The van der Waals surface area contributed by atoms with Crippen molar-refractivity contribution in [1.29, 1.82) is 0 Å². The van der Waals surface area contributed by atoms with Crippen LogP contribution in [0.2, 0.25) is 0 Å². The highest BCUT2D eigenvalue weighted by Crippen LogP contribution is 2.19. The Balaban J connectivity index is 2.93. The van der Waals surface area contributed by atoms with E-state index < -0.39 is 11.6 Å². The lowest BCUT2D eigenvalue weighted by molar-refractivity contribution is 0.00621. The molecule has 0 aromatic carbocycles. The number of carbonyl (C=O) groups is 1. The van der Waals surface area contributed by atoms with Crippen LogP contribution < -0.4 is 10.5 Å². The molecule has 1 heterocycles. The zero-order valence-corrected chi connectivity index (χ0v) is 9.90. The van der Waals surface area contributed by atoms with E-state index in [1.54, 1.807) is 26.8 Å². The number of aromatic nitrogens is 1. The lowest BCUT2D eigenvalue weighted by Crippen LogP contribution is -2.24. The maximum Gasteiger partial charge on any atom is 0.357 e. The van der Waals surface area contributed by atoms with Crippen LogP contribution in [0.1, 0.15) is 31.3 Å². The highest BCUT2D eigenvalue weighted by atomic mass is 16.6. The van der Waals surface area contributed by atoms with Crippen LogP contribution in [0.25, 0.3) is 0 Å². The van der Waals surface area contributed by atoms with Crippen molar-refractivity contribution < 1.29 is 14.3 Å². The molecule has 5 heteroatoms. The number of pyridine rings is 1. The van der Waals surface area contributed by atoms with Crippen LogP contribution in [0.15, 0.2) is 12.1 Å². The molecule has 0 atom stereocenters. The fraction of sp³-hybridized carbons (Fsp3) is 0.455. The monoisotopic (exact) mass is 224 g/mol. The summed E-state index contributed by atoms with van der Waals surface area (Å²) < 4.78 is 10.1. The number of methoxy groups -OCH3 is 1. The summed E-state index contributed by atoms with van der Waals surface area (Å²) in [6, 6.07) is 3.07. The summed E-state index contributed by atoms with van der Waals surface area (Å²) in [5.41, 5.74) is 5.61. The van der Waals surface area contributed by atoms with Gasteiger partial charge in [-0.25, -0.2) is 9.78 Å². The summed E-state index contributed by atoms with van der Waals surface area (Å²) in [7, 11) is 1.44. The Morgan fingerprint density at radius 3 is 2.50 bits per heavy atom. The second kappa shape index (κ2) is 4.38. The summed E-state index contributed by atoms with van der Waals surface area (Å²) in [6.45, 7) is 5.37. The molecule has 0 unspecified atom stereocenters. The topological polar surface area (TPSA) is 74.4 Å². The first-order valence-corrected chi connectivity index (χ1v) is 4.87. The first-order chi connectivity index (χ1) is 7.33. The Hall–Kier alpha value is -1.78. The van der Waals surface area contributed by atoms with Gasteiger partial charge in [0.05, 0.1) is 12.8 Å². The molecule has 1 aromatic heterocycles. The maximum absolute atomic E-state index is 11.7. The Kier molecular flexibility index (Phi) is 3.37. The van der Waals surface area contributed by atoms with Crippen LogP contribution in [0, 0.1) is 0 Å². The van der Waals surface area contributed by atoms with Crippen molar-refractivity contribution in [1.82, 2.24) is 4.98 Å². The first-order valence-electron chi connectivity index (χ1n) is 4.87. The van der Waals surface area contributed by atoms with Crippen molar-refractivity contribution in [2.75, 3.05) is 12.8 Å². The average Bonchev–Trinajstić information content (AvgIpc) is 2.15. The standard InChI is InChI=1S/C11H16N2O3/c1-11(2,3)16-10(14)8-6-5-7(12)9(13-8)15-4/h5-6H,12H2,1-4H3. The van der Waals surface area contributed by atoms with Gasteiger partial charge in [0, 0.05) is 0 Å². The van der Waals surface area contributed by atoms with Gasteiger partial charge in [-0.05, 0) is 32.9 Å². The predicted octanol–water partition coefficient (Wildman–Crippen LogP) is 1.63. The summed E-state index contributed by atoms with van der Waals surface area (Å²) in [6.07, 6.45) is 0. The molecule has 0 spiro atoms. The maximum atomic E-state index is 11.7. The number of rotatable bonds is 2. The minimum Gasteiger partial charge on any atom is -0.480 e. The van der Waals surface area contributed by atoms with Crippen LogP contribution >= 0.6 is 0 Å². The van der Waals surface area contributed by atoms with Gasteiger partial charge in [0.2, 0.25) is 5.88 Å². The fourth-order valence-electron chi connectivity index (χ4n) is 1.06. The smallest absolute Gasteiger partial charge is 0.357 e. The first kappa shape index (κ1) is 12.3. The summed E-state index contributed by atoms with van der Waals surface area (Å²) in [5.74, 6) is -0.269. The second-order valence-corrected chi connectivity index (χ2v) is 4.30. The molecular weight excluding hydrogens is 208 g/mol. The van der Waals surface area contributed by atoms with Gasteiger partial charge < -0.3 is 15.2 Å². The summed E-state index contributed by atoms with van der Waals surface area (Å²) >= 11 is 0. The van der Waals surface area contributed by atoms with E-state index in [1.807, 2.05) is 0 Å². The lowest BCUT2D eigenvalue weighted by atomic mass is 10.2. The minimum absolute atomic E-state index is 0.181. The van der Waals surface area contributed by atoms with Crippen LogP contribution in [-0.2, 0) is 4.74 Å². The van der Waals surface area contributed by atoms with E-state index >= 15 is 0 Å². The highest BCUT2D eigenvalue weighted by Gasteiger charge is 2.19. The van der Waals surface area contributed by atoms with Crippen LogP contribution in [-0.4, -0.2) is 23.7 Å². The second-order valence-electron chi connectivity index (χ2n) is 4.30. The number of hydrogen-bond donors (Lipinski definition) is 1. The normalized spacial score (nSPS) is 11.0. The molecule has 0 radical (unpaired) electrons. The Labute approximate surface area is 94.6 Å². The zero-order chi connectivity index (χ0) is 12.3. The van der Waals surface area contributed by atoms with Crippen molar-refractivity contribution in [2.45, 2.75) is 26.4 Å². The van der Waals surface area contributed by atoms with Crippen LogP contribution in [0.5, 0.6) is 5.88 Å². The molecule has 0 aliphatic carbocycles. The molecule has 16 heavy (non-hydrogen) atoms. The number of esters is 1. The van der Waals surface area contributed by atoms with E-state index in [0.29, 0.717) is 5.69 Å². The Morgan fingerprint density at radius 1 is 1.38 bits per heavy atom. The van der Waals surface area contributed by atoms with Gasteiger partial charge in [0.1, 0.15) is 5.60 Å². The number of nitrogens with zero attached hydrogens (tertiary/aromatic N) is 1. The number of nitrogens with two attached hydrogens (primary N) is 1. The molecule has 0 saturated heterocycles. The molecule has 1 rings (SSSR count).